The summed E-state index contributed by atoms with van der Waals surface area (Å²) in [5.41, 5.74) is -0.955. The molecular weight excluding hydrogens is 372 g/mol. The molecule has 0 aromatic rings. The Morgan fingerprint density at radius 1 is 0.793 bits per heavy atom. The van der Waals surface area contributed by atoms with Gasteiger partial charge >= 0.3 is 0 Å². The Hall–Kier alpha value is -0.240. The maximum Gasteiger partial charge on any atom is 0.174 e. The number of rotatable bonds is 0. The van der Waals surface area contributed by atoms with Crippen LogP contribution in [0.5, 0.6) is 0 Å². The summed E-state index contributed by atoms with van der Waals surface area (Å²) >= 11 is 0. The summed E-state index contributed by atoms with van der Waals surface area (Å²) in [5, 5.41) is 11.8. The van der Waals surface area contributed by atoms with Crippen LogP contribution in [0, 0.1) is 22.7 Å². The minimum absolute atomic E-state index is 0.209. The smallest absolute Gasteiger partial charge is 0.174 e. The van der Waals surface area contributed by atoms with Crippen LogP contribution in [0.25, 0.3) is 0 Å². The maximum absolute atomic E-state index is 11.8. The largest absolute Gasteiger partial charge is 0.392 e. The average molecular weight is 407 g/mol. The van der Waals surface area contributed by atoms with Crippen molar-refractivity contribution in [2.24, 2.45) is 22.7 Å². The van der Waals surface area contributed by atoms with E-state index in [9.17, 15) is 5.11 Å². The van der Waals surface area contributed by atoms with E-state index in [-0.39, 0.29) is 22.0 Å². The van der Waals surface area contributed by atoms with Gasteiger partial charge in [0.15, 0.2) is 11.6 Å². The summed E-state index contributed by atoms with van der Waals surface area (Å²) in [5.74, 6) is -0.286. The highest BCUT2D eigenvalue weighted by atomic mass is 16.7. The van der Waals surface area contributed by atoms with Gasteiger partial charge < -0.3 is 28.8 Å². The van der Waals surface area contributed by atoms with E-state index in [1.165, 1.54) is 0 Å². The average Bonchev–Trinajstić information content (AvgIpc) is 3.47. The fourth-order valence-corrected chi connectivity index (χ4v) is 9.72. The number of hydrogen-bond acceptors (Lipinski definition) is 6. The fourth-order valence-electron chi connectivity index (χ4n) is 9.72. The van der Waals surface area contributed by atoms with Crippen LogP contribution in [0.2, 0.25) is 0 Å². The van der Waals surface area contributed by atoms with E-state index < -0.39 is 17.7 Å². The van der Waals surface area contributed by atoms with Gasteiger partial charge in [0.1, 0.15) is 0 Å². The highest BCUT2D eigenvalue weighted by molar-refractivity contribution is 5.31. The van der Waals surface area contributed by atoms with Gasteiger partial charge in [-0.15, -0.1) is 0 Å². The predicted octanol–water partition coefficient (Wildman–Crippen LogP) is 2.76. The van der Waals surface area contributed by atoms with Crippen molar-refractivity contribution in [3.8, 4) is 0 Å². The molecule has 29 heavy (non-hydrogen) atoms. The van der Waals surface area contributed by atoms with Crippen molar-refractivity contribution < 1.29 is 28.8 Å². The second-order valence-electron chi connectivity index (χ2n) is 11.4. The van der Waals surface area contributed by atoms with Crippen molar-refractivity contribution in [2.75, 3.05) is 26.4 Å². The minimum Gasteiger partial charge on any atom is -0.392 e. The number of hydrogen-bond donors (Lipinski definition) is 1. The molecule has 4 spiro atoms. The summed E-state index contributed by atoms with van der Waals surface area (Å²) < 4.78 is 32.1. The van der Waals surface area contributed by atoms with Gasteiger partial charge in [-0.1, -0.05) is 13.8 Å². The third kappa shape index (κ3) is 1.78. The van der Waals surface area contributed by atoms with Crippen LogP contribution in [0.3, 0.4) is 0 Å². The highest BCUT2D eigenvalue weighted by Crippen LogP contribution is 2.79. The molecule has 0 aromatic heterocycles. The van der Waals surface area contributed by atoms with E-state index in [4.69, 9.17) is 23.7 Å². The van der Waals surface area contributed by atoms with Gasteiger partial charge in [0, 0.05) is 30.1 Å². The molecule has 3 saturated carbocycles. The minimum atomic E-state index is -0.541. The van der Waals surface area contributed by atoms with Gasteiger partial charge in [0.05, 0.1) is 43.7 Å². The van der Waals surface area contributed by atoms with Crippen molar-refractivity contribution in [3.05, 3.63) is 0 Å². The molecule has 162 valence electrons. The molecule has 0 aromatic carbocycles. The highest BCUT2D eigenvalue weighted by Gasteiger charge is 2.84. The molecule has 3 aliphatic carbocycles. The standard InChI is InChI=1S/C23H34O6/c1-18-13-17(24)19(2)16-3-5-21(25-9-10-26-21)14-20(16)7-8-22(19,29-20)15(18)4-6-23(18)27-11-12-28-23/h15-17,24H,3-14H2,1-2H3/t15?,16?,17?,18?,19-,20+,22-/m0/s1. The molecule has 7 aliphatic rings. The van der Waals surface area contributed by atoms with E-state index >= 15 is 0 Å². The Bertz CT molecular complexity index is 744. The Balaban J connectivity index is 1.34. The van der Waals surface area contributed by atoms with Crippen LogP contribution < -0.4 is 0 Å². The van der Waals surface area contributed by atoms with Crippen LogP contribution in [-0.2, 0) is 23.7 Å². The van der Waals surface area contributed by atoms with E-state index in [0.29, 0.717) is 38.3 Å². The Morgan fingerprint density at radius 2 is 1.48 bits per heavy atom. The summed E-state index contributed by atoms with van der Waals surface area (Å²) in [7, 11) is 0. The lowest BCUT2D eigenvalue weighted by Gasteiger charge is -2.62. The van der Waals surface area contributed by atoms with Crippen molar-refractivity contribution in [1.29, 1.82) is 0 Å². The van der Waals surface area contributed by atoms with Gasteiger partial charge in [0.25, 0.3) is 0 Å². The second kappa shape index (κ2) is 5.21. The normalized spacial score (nSPS) is 58.7. The van der Waals surface area contributed by atoms with Crippen molar-refractivity contribution in [1.82, 2.24) is 0 Å². The first-order valence-corrected chi connectivity index (χ1v) is 11.8. The van der Waals surface area contributed by atoms with E-state index in [1.807, 2.05) is 0 Å². The Morgan fingerprint density at radius 3 is 2.24 bits per heavy atom. The summed E-state index contributed by atoms with van der Waals surface area (Å²) in [6.45, 7) is 7.32. The van der Waals surface area contributed by atoms with Crippen LogP contribution >= 0.6 is 0 Å². The van der Waals surface area contributed by atoms with Crippen LogP contribution in [0.1, 0.15) is 65.2 Å². The fraction of sp³-hybridized carbons (Fsp3) is 1.00. The summed E-state index contributed by atoms with van der Waals surface area (Å²) in [4.78, 5) is 0. The molecule has 6 nitrogen and oxygen atoms in total. The first-order chi connectivity index (χ1) is 13.8. The second-order valence-corrected chi connectivity index (χ2v) is 11.4. The van der Waals surface area contributed by atoms with E-state index in [0.717, 1.165) is 51.4 Å². The molecule has 0 radical (unpaired) electrons. The van der Waals surface area contributed by atoms with Crippen molar-refractivity contribution in [3.63, 3.8) is 0 Å². The van der Waals surface area contributed by atoms with Crippen LogP contribution in [0.4, 0.5) is 0 Å². The third-order valence-electron chi connectivity index (χ3n) is 10.8. The van der Waals surface area contributed by atoms with Gasteiger partial charge in [-0.05, 0) is 43.9 Å². The lowest BCUT2D eigenvalue weighted by Crippen LogP contribution is -2.68. The molecule has 0 amide bonds. The zero-order valence-electron chi connectivity index (χ0n) is 17.7. The molecule has 7 atom stereocenters. The number of ether oxygens (including phenoxy) is 5. The monoisotopic (exact) mass is 406 g/mol. The molecule has 1 N–H and O–H groups in total. The Labute approximate surface area is 172 Å². The number of aliphatic hydroxyl groups excluding tert-OH is 1. The first-order valence-electron chi connectivity index (χ1n) is 11.8. The molecule has 6 heteroatoms. The SMILES string of the molecule is CC12CC(O)[C@]3(C)C4CCC5(C[C@]46CC[C@]3(O6)C1CCC21OCCO1)OCCO5. The maximum atomic E-state index is 11.8. The summed E-state index contributed by atoms with van der Waals surface area (Å²) in [6, 6.07) is 0. The van der Waals surface area contributed by atoms with Gasteiger partial charge in [-0.25, -0.2) is 0 Å². The molecule has 4 heterocycles. The van der Waals surface area contributed by atoms with Gasteiger partial charge in [-0.2, -0.15) is 0 Å². The zero-order chi connectivity index (χ0) is 19.8. The molecule has 4 saturated heterocycles. The van der Waals surface area contributed by atoms with Gasteiger partial charge in [-0.3, -0.25) is 0 Å². The number of aliphatic hydroxyl groups is 1. The van der Waals surface area contributed by atoms with Crippen LogP contribution in [-0.4, -0.2) is 60.4 Å². The Kier molecular flexibility index (Phi) is 3.30. The van der Waals surface area contributed by atoms with E-state index in [1.54, 1.807) is 0 Å². The number of fused-ring (bicyclic) bond motifs is 3. The molecule has 4 aliphatic heterocycles. The quantitative estimate of drug-likeness (QED) is 0.667. The lowest BCUT2D eigenvalue weighted by atomic mass is 9.42. The molecule has 2 bridgehead atoms. The summed E-state index contributed by atoms with van der Waals surface area (Å²) in [6.07, 6.45) is 7.11. The molecule has 7 fully saturated rings. The lowest BCUT2D eigenvalue weighted by molar-refractivity contribution is -0.285. The third-order valence-corrected chi connectivity index (χ3v) is 10.8. The zero-order valence-corrected chi connectivity index (χ0v) is 17.7. The first kappa shape index (κ1) is 18.3. The molecular formula is C23H34O6. The van der Waals surface area contributed by atoms with E-state index in [2.05, 4.69) is 13.8 Å². The van der Waals surface area contributed by atoms with Crippen molar-refractivity contribution in [2.45, 2.75) is 94.1 Å². The predicted molar refractivity (Wildman–Crippen MR) is 102 cm³/mol. The van der Waals surface area contributed by atoms with Crippen LogP contribution in [0.15, 0.2) is 0 Å². The molecule has 4 unspecified atom stereocenters. The van der Waals surface area contributed by atoms with Gasteiger partial charge in [0.2, 0.25) is 0 Å². The molecule has 7 rings (SSSR count). The van der Waals surface area contributed by atoms with Crippen molar-refractivity contribution >= 4 is 0 Å². The topological polar surface area (TPSA) is 66.4 Å².